The number of fused-ring (bicyclic) bond motifs is 1. The third kappa shape index (κ3) is 4.20. The summed E-state index contributed by atoms with van der Waals surface area (Å²) in [5.74, 6) is -0.739. The van der Waals surface area contributed by atoms with Crippen LogP contribution in [-0.2, 0) is 9.59 Å². The number of hydrogen-bond acceptors (Lipinski definition) is 3. The molecule has 0 bridgehead atoms. The Bertz CT molecular complexity index is 975. The van der Waals surface area contributed by atoms with Crippen LogP contribution in [0.5, 0.6) is 0 Å². The first kappa shape index (κ1) is 21.1. The minimum atomic E-state index is -0.424. The van der Waals surface area contributed by atoms with Gasteiger partial charge >= 0.3 is 0 Å². The highest BCUT2D eigenvalue weighted by Gasteiger charge is 2.36. The predicted molar refractivity (Wildman–Crippen MR) is 121 cm³/mol. The number of likely N-dealkylation sites (tertiary alicyclic amines) is 1. The third-order valence-corrected chi connectivity index (χ3v) is 6.29. The molecule has 2 aromatic rings. The van der Waals surface area contributed by atoms with Gasteiger partial charge in [0.1, 0.15) is 6.54 Å². The zero-order chi connectivity index (χ0) is 22.0. The number of piperidine rings is 1. The summed E-state index contributed by atoms with van der Waals surface area (Å²) in [5.41, 5.74) is 1.84. The number of carbonyl (C=O) groups excluding carboxylic acids is 3. The van der Waals surface area contributed by atoms with E-state index in [2.05, 4.69) is 6.92 Å². The fraction of sp³-hybridized carbons (Fsp3) is 0.400. The Morgan fingerprint density at radius 3 is 2.32 bits per heavy atom. The van der Waals surface area contributed by atoms with E-state index >= 15 is 0 Å². The minimum Gasteiger partial charge on any atom is -0.338 e. The second kappa shape index (κ2) is 8.92. The molecule has 0 spiro atoms. The van der Waals surface area contributed by atoms with Gasteiger partial charge in [-0.2, -0.15) is 0 Å². The summed E-state index contributed by atoms with van der Waals surface area (Å²) >= 11 is 0. The zero-order valence-corrected chi connectivity index (χ0v) is 18.2. The van der Waals surface area contributed by atoms with Gasteiger partial charge in [-0.05, 0) is 50.5 Å². The maximum Gasteiger partial charge on any atom is 0.258 e. The molecule has 6 heteroatoms. The van der Waals surface area contributed by atoms with Crippen molar-refractivity contribution in [2.75, 3.05) is 29.4 Å². The van der Waals surface area contributed by atoms with E-state index in [9.17, 15) is 14.4 Å². The van der Waals surface area contributed by atoms with Crippen LogP contribution >= 0.6 is 0 Å². The van der Waals surface area contributed by atoms with E-state index in [1.165, 1.54) is 0 Å². The topological polar surface area (TPSA) is 60.9 Å². The van der Waals surface area contributed by atoms with Gasteiger partial charge in [0.25, 0.3) is 5.91 Å². The maximum absolute atomic E-state index is 13.3. The second-order valence-electron chi connectivity index (χ2n) is 8.53. The predicted octanol–water partition coefficient (Wildman–Crippen LogP) is 3.72. The summed E-state index contributed by atoms with van der Waals surface area (Å²) in [4.78, 5) is 44.9. The van der Waals surface area contributed by atoms with Gasteiger partial charge in [-0.15, -0.1) is 0 Å². The first-order chi connectivity index (χ1) is 15.0. The molecule has 2 atom stereocenters. The van der Waals surface area contributed by atoms with Crippen molar-refractivity contribution in [3.05, 3.63) is 60.2 Å². The minimum absolute atomic E-state index is 0.00209. The zero-order valence-electron chi connectivity index (χ0n) is 18.2. The number of anilines is 2. The summed E-state index contributed by atoms with van der Waals surface area (Å²) in [6.45, 7) is 4.89. The Kier molecular flexibility index (Phi) is 6.07. The highest BCUT2D eigenvalue weighted by Crippen LogP contribution is 2.35. The van der Waals surface area contributed by atoms with Crippen LogP contribution in [0.1, 0.15) is 43.5 Å². The molecular weight excluding hydrogens is 390 g/mol. The van der Waals surface area contributed by atoms with E-state index in [0.717, 1.165) is 25.8 Å². The van der Waals surface area contributed by atoms with Crippen molar-refractivity contribution in [2.24, 2.45) is 5.92 Å². The van der Waals surface area contributed by atoms with E-state index in [1.807, 2.05) is 54.3 Å². The van der Waals surface area contributed by atoms with Crippen LogP contribution in [0.3, 0.4) is 0 Å². The normalized spacial score (nSPS) is 21.5. The molecule has 2 aliphatic heterocycles. The number of benzene rings is 2. The Labute approximate surface area is 183 Å². The largest absolute Gasteiger partial charge is 0.338 e. The van der Waals surface area contributed by atoms with E-state index in [0.29, 0.717) is 16.9 Å². The number of carbonyl (C=O) groups is 3. The van der Waals surface area contributed by atoms with Gasteiger partial charge < -0.3 is 14.7 Å². The molecule has 2 aromatic carbocycles. The Hall–Kier alpha value is -3.15. The average Bonchev–Trinajstić information content (AvgIpc) is 2.90. The van der Waals surface area contributed by atoms with Gasteiger partial charge in [-0.3, -0.25) is 14.4 Å². The maximum atomic E-state index is 13.3. The van der Waals surface area contributed by atoms with E-state index < -0.39 is 5.92 Å². The molecule has 2 heterocycles. The number of rotatable bonds is 3. The molecule has 2 aliphatic rings. The first-order valence-corrected chi connectivity index (χ1v) is 11.0. The average molecular weight is 420 g/mol. The van der Waals surface area contributed by atoms with Gasteiger partial charge in [0.15, 0.2) is 0 Å². The van der Waals surface area contributed by atoms with Crippen molar-refractivity contribution in [3.63, 3.8) is 0 Å². The Morgan fingerprint density at radius 2 is 1.61 bits per heavy atom. The van der Waals surface area contributed by atoms with Crippen molar-refractivity contribution < 1.29 is 14.4 Å². The second-order valence-corrected chi connectivity index (χ2v) is 8.53. The third-order valence-electron chi connectivity index (χ3n) is 6.29. The van der Waals surface area contributed by atoms with Crippen molar-refractivity contribution in [2.45, 2.75) is 39.2 Å². The van der Waals surface area contributed by atoms with E-state index in [1.54, 1.807) is 21.9 Å². The van der Waals surface area contributed by atoms with Gasteiger partial charge in [-0.25, -0.2) is 0 Å². The molecular formula is C25H29N3O3. The van der Waals surface area contributed by atoms with E-state index in [4.69, 9.17) is 0 Å². The van der Waals surface area contributed by atoms with Gasteiger partial charge in [-0.1, -0.05) is 37.3 Å². The van der Waals surface area contributed by atoms with Crippen LogP contribution in [0.4, 0.5) is 11.4 Å². The smallest absolute Gasteiger partial charge is 0.258 e. The van der Waals surface area contributed by atoms with Crippen LogP contribution in [-0.4, -0.2) is 48.3 Å². The van der Waals surface area contributed by atoms with Crippen molar-refractivity contribution >= 4 is 29.1 Å². The lowest BCUT2D eigenvalue weighted by Crippen LogP contribution is -2.49. The fourth-order valence-electron chi connectivity index (χ4n) is 4.54. The van der Waals surface area contributed by atoms with Crippen molar-refractivity contribution in [1.82, 2.24) is 4.90 Å². The standard InChI is InChI=1S/C25H29N3O3/c1-18-16-27(25(31)20-11-4-3-5-12-20)21-13-6-7-14-22(21)28(24(18)30)17-23(29)26-15-9-8-10-19(26)2/h3-7,11-14,18-19H,8-10,15-17H2,1-2H3. The first-order valence-electron chi connectivity index (χ1n) is 11.0. The lowest BCUT2D eigenvalue weighted by Gasteiger charge is -2.35. The summed E-state index contributed by atoms with van der Waals surface area (Å²) in [6, 6.07) is 16.6. The SMILES string of the molecule is CC1CN(C(=O)c2ccccc2)c2ccccc2N(CC(=O)N2CCCCC2C)C1=O. The molecule has 0 N–H and O–H groups in total. The molecule has 2 unspecified atom stereocenters. The molecule has 1 fully saturated rings. The van der Waals surface area contributed by atoms with Crippen molar-refractivity contribution in [3.8, 4) is 0 Å². The highest BCUT2D eigenvalue weighted by atomic mass is 16.2. The number of para-hydroxylation sites is 2. The molecule has 0 aliphatic carbocycles. The molecule has 1 saturated heterocycles. The quantitative estimate of drug-likeness (QED) is 0.762. The summed E-state index contributed by atoms with van der Waals surface area (Å²) in [7, 11) is 0. The van der Waals surface area contributed by atoms with Gasteiger partial charge in [0, 0.05) is 24.7 Å². The number of amides is 3. The van der Waals surface area contributed by atoms with Crippen LogP contribution in [0.2, 0.25) is 0 Å². The molecule has 4 rings (SSSR count). The summed E-state index contributed by atoms with van der Waals surface area (Å²) in [6.07, 6.45) is 3.12. The van der Waals surface area contributed by atoms with Crippen LogP contribution in [0.15, 0.2) is 54.6 Å². The number of nitrogens with zero attached hydrogens (tertiary/aromatic N) is 3. The van der Waals surface area contributed by atoms with Crippen LogP contribution in [0, 0.1) is 5.92 Å². The van der Waals surface area contributed by atoms with Gasteiger partial charge in [0.2, 0.25) is 11.8 Å². The van der Waals surface area contributed by atoms with E-state index in [-0.39, 0.29) is 36.9 Å². The fourth-order valence-corrected chi connectivity index (χ4v) is 4.54. The molecule has 0 radical (unpaired) electrons. The lowest BCUT2D eigenvalue weighted by atomic mass is 10.0. The molecule has 0 aromatic heterocycles. The number of hydrogen-bond donors (Lipinski definition) is 0. The molecule has 31 heavy (non-hydrogen) atoms. The lowest BCUT2D eigenvalue weighted by molar-refractivity contribution is -0.134. The van der Waals surface area contributed by atoms with Crippen LogP contribution < -0.4 is 9.80 Å². The Balaban J connectivity index is 1.68. The Morgan fingerprint density at radius 1 is 0.935 bits per heavy atom. The molecule has 3 amide bonds. The molecule has 0 saturated carbocycles. The molecule has 162 valence electrons. The highest BCUT2D eigenvalue weighted by molar-refractivity contribution is 6.12. The monoisotopic (exact) mass is 419 g/mol. The van der Waals surface area contributed by atoms with Crippen LogP contribution in [0.25, 0.3) is 0 Å². The summed E-state index contributed by atoms with van der Waals surface area (Å²) < 4.78 is 0. The van der Waals surface area contributed by atoms with Crippen molar-refractivity contribution in [1.29, 1.82) is 0 Å². The summed E-state index contributed by atoms with van der Waals surface area (Å²) in [5, 5.41) is 0. The molecule has 6 nitrogen and oxygen atoms in total. The van der Waals surface area contributed by atoms with Gasteiger partial charge in [0.05, 0.1) is 17.3 Å².